The predicted octanol–water partition coefficient (Wildman–Crippen LogP) is 4.48. The fourth-order valence-corrected chi connectivity index (χ4v) is 2.48. The van der Waals surface area contributed by atoms with Crippen LogP contribution in [0.5, 0.6) is 0 Å². The van der Waals surface area contributed by atoms with Crippen molar-refractivity contribution in [3.63, 3.8) is 0 Å². The second-order valence-electron chi connectivity index (χ2n) is 6.10. The normalized spacial score (nSPS) is 11.1. The molecule has 2 N–H and O–H groups in total. The average molecular weight is 386 g/mol. The minimum Gasteiger partial charge on any atom is -0.347 e. The summed E-state index contributed by atoms with van der Waals surface area (Å²) in [6, 6.07) is 14.1. The van der Waals surface area contributed by atoms with Crippen LogP contribution in [-0.2, 0) is 12.7 Å². The van der Waals surface area contributed by atoms with E-state index in [-0.39, 0.29) is 17.3 Å². The van der Waals surface area contributed by atoms with Crippen LogP contribution in [0.25, 0.3) is 0 Å². The first-order chi connectivity index (χ1) is 13.3. The Morgan fingerprint density at radius 1 is 1.04 bits per heavy atom. The summed E-state index contributed by atoms with van der Waals surface area (Å²) in [6.07, 6.45) is -3.21. The Labute approximate surface area is 159 Å². The minimum atomic E-state index is -4.52. The number of carbonyl (C=O) groups is 1. The number of benzene rings is 2. The number of hydrogen-bond acceptors (Lipinski definition) is 4. The highest BCUT2D eigenvalue weighted by Crippen LogP contribution is 2.35. The SMILES string of the molecule is Cc1ccc(CNC(=O)c2ccnc(Nc3ccccc3C(F)(F)F)n2)cc1. The fourth-order valence-electron chi connectivity index (χ4n) is 2.48. The quantitative estimate of drug-likeness (QED) is 0.679. The number of nitrogens with zero attached hydrogens (tertiary/aromatic N) is 2. The summed E-state index contributed by atoms with van der Waals surface area (Å²) in [4.78, 5) is 20.2. The number of nitrogens with one attached hydrogen (secondary N) is 2. The van der Waals surface area contributed by atoms with Crippen LogP contribution in [0, 0.1) is 6.92 Å². The fraction of sp³-hybridized carbons (Fsp3) is 0.150. The first-order valence-electron chi connectivity index (χ1n) is 8.43. The van der Waals surface area contributed by atoms with Gasteiger partial charge in [0, 0.05) is 12.7 Å². The molecule has 0 atom stereocenters. The van der Waals surface area contributed by atoms with Gasteiger partial charge in [0.25, 0.3) is 5.91 Å². The van der Waals surface area contributed by atoms with Crippen molar-refractivity contribution in [1.82, 2.24) is 15.3 Å². The second-order valence-corrected chi connectivity index (χ2v) is 6.10. The van der Waals surface area contributed by atoms with Crippen LogP contribution in [0.4, 0.5) is 24.8 Å². The van der Waals surface area contributed by atoms with Gasteiger partial charge < -0.3 is 10.6 Å². The number of anilines is 2. The molecule has 1 amide bonds. The number of alkyl halides is 3. The standard InChI is InChI=1S/C20H17F3N4O/c1-13-6-8-14(9-7-13)12-25-18(28)17-10-11-24-19(27-17)26-16-5-3-2-4-15(16)20(21,22)23/h2-11H,12H2,1H3,(H,25,28)(H,24,26,27). The van der Waals surface area contributed by atoms with Crippen molar-refractivity contribution in [2.45, 2.75) is 19.6 Å². The molecule has 0 aliphatic rings. The summed E-state index contributed by atoms with van der Waals surface area (Å²) >= 11 is 0. The van der Waals surface area contributed by atoms with Gasteiger partial charge in [-0.1, -0.05) is 42.0 Å². The van der Waals surface area contributed by atoms with Crippen LogP contribution in [0.1, 0.15) is 27.2 Å². The van der Waals surface area contributed by atoms with Gasteiger partial charge in [0.15, 0.2) is 0 Å². The third-order valence-corrected chi connectivity index (χ3v) is 3.94. The number of aromatic nitrogens is 2. The Bertz CT molecular complexity index is 972. The van der Waals surface area contributed by atoms with Crippen LogP contribution >= 0.6 is 0 Å². The van der Waals surface area contributed by atoms with Crippen LogP contribution < -0.4 is 10.6 Å². The summed E-state index contributed by atoms with van der Waals surface area (Å²) in [5.74, 6) is -0.546. The Morgan fingerprint density at radius 3 is 2.46 bits per heavy atom. The topological polar surface area (TPSA) is 66.9 Å². The molecule has 2 aromatic carbocycles. The van der Waals surface area contributed by atoms with Gasteiger partial charge in [0.1, 0.15) is 5.69 Å². The van der Waals surface area contributed by atoms with Gasteiger partial charge in [-0.05, 0) is 30.7 Å². The van der Waals surface area contributed by atoms with Gasteiger partial charge in [-0.3, -0.25) is 4.79 Å². The monoisotopic (exact) mass is 386 g/mol. The molecule has 0 radical (unpaired) electrons. The van der Waals surface area contributed by atoms with Crippen molar-refractivity contribution in [2.24, 2.45) is 0 Å². The largest absolute Gasteiger partial charge is 0.418 e. The zero-order chi connectivity index (χ0) is 20.1. The number of carbonyl (C=O) groups excluding carboxylic acids is 1. The third-order valence-electron chi connectivity index (χ3n) is 3.94. The van der Waals surface area contributed by atoms with E-state index in [4.69, 9.17) is 0 Å². The van der Waals surface area contributed by atoms with Crippen LogP contribution in [-0.4, -0.2) is 15.9 Å². The van der Waals surface area contributed by atoms with Gasteiger partial charge in [-0.2, -0.15) is 13.2 Å². The highest BCUT2D eigenvalue weighted by molar-refractivity contribution is 5.92. The first kappa shape index (κ1) is 19.3. The van der Waals surface area contributed by atoms with E-state index in [9.17, 15) is 18.0 Å². The summed E-state index contributed by atoms with van der Waals surface area (Å²) in [7, 11) is 0. The van der Waals surface area contributed by atoms with Gasteiger partial charge in [-0.25, -0.2) is 9.97 Å². The Kier molecular flexibility index (Phi) is 5.58. The lowest BCUT2D eigenvalue weighted by Gasteiger charge is -2.13. The maximum absolute atomic E-state index is 13.1. The van der Waals surface area contributed by atoms with Gasteiger partial charge in [-0.15, -0.1) is 0 Å². The van der Waals surface area contributed by atoms with E-state index in [2.05, 4.69) is 20.6 Å². The van der Waals surface area contributed by atoms with Crippen LogP contribution in [0.3, 0.4) is 0 Å². The van der Waals surface area contributed by atoms with Crippen molar-refractivity contribution in [1.29, 1.82) is 0 Å². The molecule has 1 heterocycles. The molecule has 3 aromatic rings. The Morgan fingerprint density at radius 2 is 1.75 bits per heavy atom. The van der Waals surface area contributed by atoms with E-state index in [0.717, 1.165) is 17.2 Å². The number of amides is 1. The highest BCUT2D eigenvalue weighted by Gasteiger charge is 2.33. The molecule has 3 rings (SSSR count). The first-order valence-corrected chi connectivity index (χ1v) is 8.43. The summed E-state index contributed by atoms with van der Waals surface area (Å²) in [6.45, 7) is 2.28. The maximum atomic E-state index is 13.1. The summed E-state index contributed by atoms with van der Waals surface area (Å²) in [5, 5.41) is 5.26. The average Bonchev–Trinajstić information content (AvgIpc) is 2.67. The van der Waals surface area contributed by atoms with Gasteiger partial charge in [0.2, 0.25) is 5.95 Å². The van der Waals surface area contributed by atoms with Gasteiger partial charge in [0.05, 0.1) is 11.3 Å². The summed E-state index contributed by atoms with van der Waals surface area (Å²) in [5.41, 5.74) is 1.06. The Hall–Kier alpha value is -3.42. The van der Waals surface area contributed by atoms with Crippen molar-refractivity contribution in [3.8, 4) is 0 Å². The van der Waals surface area contributed by atoms with E-state index in [1.807, 2.05) is 31.2 Å². The molecule has 0 aliphatic heterocycles. The van der Waals surface area contributed by atoms with Gasteiger partial charge >= 0.3 is 6.18 Å². The highest BCUT2D eigenvalue weighted by atomic mass is 19.4. The lowest BCUT2D eigenvalue weighted by molar-refractivity contribution is -0.136. The molecule has 0 unspecified atom stereocenters. The van der Waals surface area contributed by atoms with Crippen molar-refractivity contribution in [2.75, 3.05) is 5.32 Å². The number of para-hydroxylation sites is 1. The van der Waals surface area contributed by atoms with Crippen molar-refractivity contribution < 1.29 is 18.0 Å². The van der Waals surface area contributed by atoms with E-state index in [0.29, 0.717) is 6.54 Å². The van der Waals surface area contributed by atoms with E-state index in [1.54, 1.807) is 0 Å². The van der Waals surface area contributed by atoms with E-state index >= 15 is 0 Å². The number of aryl methyl sites for hydroxylation is 1. The number of hydrogen-bond donors (Lipinski definition) is 2. The zero-order valence-electron chi connectivity index (χ0n) is 14.9. The van der Waals surface area contributed by atoms with Crippen molar-refractivity contribution >= 4 is 17.5 Å². The lowest BCUT2D eigenvalue weighted by Crippen LogP contribution is -2.24. The molecule has 0 fully saturated rings. The molecular weight excluding hydrogens is 369 g/mol. The minimum absolute atomic E-state index is 0.0501. The lowest BCUT2D eigenvalue weighted by atomic mass is 10.1. The van der Waals surface area contributed by atoms with Crippen molar-refractivity contribution in [3.05, 3.63) is 83.2 Å². The molecule has 1 aromatic heterocycles. The molecule has 0 bridgehead atoms. The molecule has 0 saturated carbocycles. The number of rotatable bonds is 5. The van der Waals surface area contributed by atoms with E-state index in [1.165, 1.54) is 30.5 Å². The molecular formula is C20H17F3N4O. The van der Waals surface area contributed by atoms with E-state index < -0.39 is 17.6 Å². The van der Waals surface area contributed by atoms with Crippen LogP contribution in [0.15, 0.2) is 60.8 Å². The molecule has 144 valence electrons. The smallest absolute Gasteiger partial charge is 0.347 e. The molecule has 0 saturated heterocycles. The predicted molar refractivity (Wildman–Crippen MR) is 99.1 cm³/mol. The maximum Gasteiger partial charge on any atom is 0.418 e. The molecule has 0 spiro atoms. The Balaban J connectivity index is 1.72. The molecule has 5 nitrogen and oxygen atoms in total. The van der Waals surface area contributed by atoms with Crippen LogP contribution in [0.2, 0.25) is 0 Å². The second kappa shape index (κ2) is 8.08. The third kappa shape index (κ3) is 4.85. The molecule has 8 heteroatoms. The molecule has 28 heavy (non-hydrogen) atoms. The summed E-state index contributed by atoms with van der Waals surface area (Å²) < 4.78 is 39.3. The number of halogens is 3. The zero-order valence-corrected chi connectivity index (χ0v) is 14.9. The molecule has 0 aliphatic carbocycles.